The Kier molecular flexibility index (Phi) is 7.24. The van der Waals surface area contributed by atoms with Gasteiger partial charge in [0.15, 0.2) is 16.9 Å². The number of hydrogen-bond acceptors (Lipinski definition) is 9. The second-order valence-corrected chi connectivity index (χ2v) is 8.17. The van der Waals surface area contributed by atoms with Crippen molar-refractivity contribution in [2.24, 2.45) is 0 Å². The molecule has 0 fully saturated rings. The first kappa shape index (κ1) is 25.4. The summed E-state index contributed by atoms with van der Waals surface area (Å²) in [4.78, 5) is 25.7. The molecule has 0 bridgehead atoms. The molecule has 0 aliphatic carbocycles. The molecule has 37 heavy (non-hydrogen) atoms. The summed E-state index contributed by atoms with van der Waals surface area (Å²) < 4.78 is 27.4. The van der Waals surface area contributed by atoms with E-state index in [0.29, 0.717) is 28.4 Å². The molecule has 192 valence electrons. The zero-order valence-electron chi connectivity index (χ0n) is 20.7. The molecule has 0 saturated carbocycles. The Morgan fingerprint density at radius 3 is 2.11 bits per heavy atom. The normalized spacial score (nSPS) is 11.7. The lowest BCUT2D eigenvalue weighted by Gasteiger charge is -2.22. The van der Waals surface area contributed by atoms with E-state index in [9.17, 15) is 19.8 Å². The van der Waals surface area contributed by atoms with Gasteiger partial charge >= 0.3 is 5.97 Å². The molecule has 9 nitrogen and oxygen atoms in total. The number of carbonyl (C=O) groups is 1. The van der Waals surface area contributed by atoms with Gasteiger partial charge < -0.3 is 33.6 Å². The van der Waals surface area contributed by atoms with Gasteiger partial charge in [0, 0.05) is 29.2 Å². The average Bonchev–Trinajstić information content (AvgIpc) is 2.91. The maximum atomic E-state index is 13.1. The minimum Gasteiger partial charge on any atom is -0.507 e. The van der Waals surface area contributed by atoms with E-state index in [1.807, 2.05) is 6.07 Å². The smallest absolute Gasteiger partial charge is 0.306 e. The lowest BCUT2D eigenvalue weighted by Crippen LogP contribution is -2.13. The van der Waals surface area contributed by atoms with Gasteiger partial charge in [-0.05, 0) is 17.7 Å². The van der Waals surface area contributed by atoms with Crippen LogP contribution in [0.2, 0.25) is 0 Å². The van der Waals surface area contributed by atoms with Crippen LogP contribution in [0.25, 0.3) is 22.3 Å². The molecule has 4 rings (SSSR count). The molecule has 4 aromatic rings. The third-order valence-corrected chi connectivity index (χ3v) is 6.09. The Labute approximate surface area is 212 Å². The largest absolute Gasteiger partial charge is 0.507 e. The fourth-order valence-electron chi connectivity index (χ4n) is 4.34. The molecule has 0 spiro atoms. The summed E-state index contributed by atoms with van der Waals surface area (Å²) in [5.41, 5.74) is 0.636. The molecule has 0 unspecified atom stereocenters. The van der Waals surface area contributed by atoms with E-state index < -0.39 is 23.1 Å². The van der Waals surface area contributed by atoms with Crippen molar-refractivity contribution >= 4 is 16.9 Å². The topological polar surface area (TPSA) is 125 Å². The van der Waals surface area contributed by atoms with Crippen molar-refractivity contribution in [3.05, 3.63) is 75.9 Å². The number of aromatic hydroxyl groups is 2. The van der Waals surface area contributed by atoms with Crippen molar-refractivity contribution in [1.29, 1.82) is 0 Å². The highest BCUT2D eigenvalue weighted by Gasteiger charge is 2.30. The maximum Gasteiger partial charge on any atom is 0.306 e. The van der Waals surface area contributed by atoms with Crippen molar-refractivity contribution in [3.63, 3.8) is 0 Å². The van der Waals surface area contributed by atoms with Crippen LogP contribution in [0, 0.1) is 0 Å². The maximum absolute atomic E-state index is 13.1. The fourth-order valence-corrected chi connectivity index (χ4v) is 4.34. The first-order valence-corrected chi connectivity index (χ1v) is 11.3. The molecular formula is C28H26O9. The molecule has 3 aromatic carbocycles. The van der Waals surface area contributed by atoms with Gasteiger partial charge in [0.2, 0.25) is 5.75 Å². The zero-order chi connectivity index (χ0) is 26.7. The minimum atomic E-state index is -0.890. The van der Waals surface area contributed by atoms with E-state index in [0.717, 1.165) is 6.07 Å². The van der Waals surface area contributed by atoms with E-state index in [1.54, 1.807) is 36.4 Å². The van der Waals surface area contributed by atoms with Crippen molar-refractivity contribution in [1.82, 2.24) is 0 Å². The van der Waals surface area contributed by atoms with Crippen LogP contribution in [0.5, 0.6) is 28.7 Å². The predicted octanol–water partition coefficient (Wildman–Crippen LogP) is 4.59. The Morgan fingerprint density at radius 2 is 1.54 bits per heavy atom. The SMILES string of the molecule is COC(=O)C[C@H](c1cc(OC)c(OC)c(OC)c1)c1c(O)cc(O)c2c(=O)cc(-c3ccccc3)oc12. The number of phenolic OH excluding ortho intramolecular Hbond substituents is 2. The molecule has 1 atom stereocenters. The lowest BCUT2D eigenvalue weighted by molar-refractivity contribution is -0.140. The molecule has 0 radical (unpaired) electrons. The van der Waals surface area contributed by atoms with Crippen molar-refractivity contribution < 1.29 is 38.4 Å². The van der Waals surface area contributed by atoms with E-state index in [-0.39, 0.29) is 34.5 Å². The van der Waals surface area contributed by atoms with Gasteiger partial charge in [-0.2, -0.15) is 0 Å². The Balaban J connectivity index is 2.07. The number of fused-ring (bicyclic) bond motifs is 1. The minimum absolute atomic E-state index is 0.0634. The molecule has 0 aliphatic rings. The van der Waals surface area contributed by atoms with Crippen LogP contribution in [0.15, 0.2) is 63.8 Å². The number of ether oxygens (including phenoxy) is 4. The monoisotopic (exact) mass is 506 g/mol. The summed E-state index contributed by atoms with van der Waals surface area (Å²) in [6.45, 7) is 0. The van der Waals surface area contributed by atoms with Gasteiger partial charge in [-0.1, -0.05) is 30.3 Å². The van der Waals surface area contributed by atoms with Gasteiger partial charge in [0.05, 0.1) is 34.9 Å². The van der Waals surface area contributed by atoms with Crippen LogP contribution >= 0.6 is 0 Å². The van der Waals surface area contributed by atoms with Crippen LogP contribution in [-0.2, 0) is 9.53 Å². The molecule has 1 aromatic heterocycles. The first-order chi connectivity index (χ1) is 17.8. The first-order valence-electron chi connectivity index (χ1n) is 11.3. The number of hydrogen-bond donors (Lipinski definition) is 2. The van der Waals surface area contributed by atoms with E-state index in [4.69, 9.17) is 23.4 Å². The van der Waals surface area contributed by atoms with Gasteiger partial charge in [-0.25, -0.2) is 0 Å². The molecular weight excluding hydrogens is 480 g/mol. The van der Waals surface area contributed by atoms with Gasteiger partial charge in [0.1, 0.15) is 28.2 Å². The Hall–Kier alpha value is -4.66. The third kappa shape index (κ3) is 4.75. The van der Waals surface area contributed by atoms with Crippen molar-refractivity contribution in [3.8, 4) is 40.1 Å². The summed E-state index contributed by atoms with van der Waals surface area (Å²) in [5.74, 6) is -1.09. The number of esters is 1. The van der Waals surface area contributed by atoms with E-state index >= 15 is 0 Å². The average molecular weight is 507 g/mol. The second kappa shape index (κ2) is 10.5. The molecule has 0 amide bonds. The van der Waals surface area contributed by atoms with Gasteiger partial charge in [-0.15, -0.1) is 0 Å². The van der Waals surface area contributed by atoms with Crippen molar-refractivity contribution in [2.45, 2.75) is 12.3 Å². The number of rotatable bonds is 8. The quantitative estimate of drug-likeness (QED) is 0.330. The highest BCUT2D eigenvalue weighted by atomic mass is 16.5. The third-order valence-electron chi connectivity index (χ3n) is 6.09. The van der Waals surface area contributed by atoms with Crippen molar-refractivity contribution in [2.75, 3.05) is 28.4 Å². The number of methoxy groups -OCH3 is 4. The standard InChI is InChI=1S/C28H26O9/c1-33-22-10-16(11-23(34-2)27(22)36-4)17(12-24(32)35-3)25-18(29)13-19(30)26-20(31)14-21(37-28(25)26)15-8-6-5-7-9-15/h5-11,13-14,17,29-30H,12H2,1-4H3/t17-/m1/s1. The number of carbonyl (C=O) groups excluding carboxylic acids is 1. The lowest BCUT2D eigenvalue weighted by atomic mass is 9.86. The molecule has 1 heterocycles. The zero-order valence-corrected chi connectivity index (χ0v) is 20.7. The van der Waals surface area contributed by atoms with Crippen LogP contribution in [0.1, 0.15) is 23.5 Å². The Bertz CT molecular complexity index is 1480. The van der Waals surface area contributed by atoms with Crippen LogP contribution < -0.4 is 19.6 Å². The molecule has 0 saturated heterocycles. The molecule has 0 aliphatic heterocycles. The van der Waals surface area contributed by atoms with E-state index in [1.165, 1.54) is 34.5 Å². The highest BCUT2D eigenvalue weighted by Crippen LogP contribution is 2.46. The molecule has 9 heteroatoms. The van der Waals surface area contributed by atoms with Crippen LogP contribution in [0.4, 0.5) is 0 Å². The Morgan fingerprint density at radius 1 is 0.892 bits per heavy atom. The number of phenols is 2. The summed E-state index contributed by atoms with van der Waals surface area (Å²) in [5, 5.41) is 21.5. The summed E-state index contributed by atoms with van der Waals surface area (Å²) in [7, 11) is 5.62. The predicted molar refractivity (Wildman–Crippen MR) is 136 cm³/mol. The highest BCUT2D eigenvalue weighted by molar-refractivity contribution is 5.90. The fraction of sp³-hybridized carbons (Fsp3) is 0.214. The summed E-state index contributed by atoms with van der Waals surface area (Å²) >= 11 is 0. The van der Waals surface area contributed by atoms with Crippen LogP contribution in [-0.4, -0.2) is 44.6 Å². The second-order valence-electron chi connectivity index (χ2n) is 8.17. The van der Waals surface area contributed by atoms with E-state index in [2.05, 4.69) is 0 Å². The molecule has 2 N–H and O–H groups in total. The summed E-state index contributed by atoms with van der Waals surface area (Å²) in [6.07, 6.45) is -0.234. The number of benzene rings is 3. The summed E-state index contributed by atoms with van der Waals surface area (Å²) in [6, 6.07) is 14.5. The van der Waals surface area contributed by atoms with Crippen LogP contribution in [0.3, 0.4) is 0 Å². The van der Waals surface area contributed by atoms with Gasteiger partial charge in [-0.3, -0.25) is 9.59 Å². The van der Waals surface area contributed by atoms with Gasteiger partial charge in [0.25, 0.3) is 0 Å².